The van der Waals surface area contributed by atoms with E-state index in [0.29, 0.717) is 11.9 Å². The van der Waals surface area contributed by atoms with E-state index in [1.54, 1.807) is 0 Å². The van der Waals surface area contributed by atoms with Gasteiger partial charge in [-0.05, 0) is 18.1 Å². The Balaban J connectivity index is 2.80. The molecule has 1 N–H and O–H groups in total. The molecule has 0 aromatic heterocycles. The zero-order chi connectivity index (χ0) is 8.53. The van der Waals surface area contributed by atoms with Crippen LogP contribution < -0.4 is 0 Å². The van der Waals surface area contributed by atoms with Crippen LogP contribution in [0.25, 0.3) is 0 Å². The Hall–Kier alpha value is 0.310. The molecule has 0 aliphatic carbocycles. The van der Waals surface area contributed by atoms with Crippen molar-refractivity contribution in [3.05, 3.63) is 0 Å². The highest BCUT2D eigenvalue weighted by Crippen LogP contribution is 2.09. The minimum absolute atomic E-state index is 0.350. The van der Waals surface area contributed by atoms with Gasteiger partial charge in [0.2, 0.25) is 0 Å². The Kier molecular flexibility index (Phi) is 8.64. The molecule has 0 aliphatic rings. The van der Waals surface area contributed by atoms with Crippen LogP contribution >= 0.6 is 12.6 Å². The highest BCUT2D eigenvalue weighted by atomic mass is 32.1. The number of hydrogen-bond donors (Lipinski definition) is 2. The molecule has 0 aliphatic heterocycles. The standard InChI is InChI=1S/C9H20OS/c1-9(11)7-5-3-2-4-6-8-10/h9-11H,2-8H2,1H3. The quantitative estimate of drug-likeness (QED) is 0.451. The third kappa shape index (κ3) is 10.3. The lowest BCUT2D eigenvalue weighted by molar-refractivity contribution is 0.282. The van der Waals surface area contributed by atoms with E-state index >= 15 is 0 Å². The monoisotopic (exact) mass is 176 g/mol. The van der Waals surface area contributed by atoms with Gasteiger partial charge >= 0.3 is 0 Å². The van der Waals surface area contributed by atoms with Crippen LogP contribution in [0.4, 0.5) is 0 Å². The molecule has 0 heterocycles. The lowest BCUT2D eigenvalue weighted by Gasteiger charge is -2.02. The molecule has 1 atom stereocenters. The first kappa shape index (κ1) is 11.3. The van der Waals surface area contributed by atoms with E-state index in [-0.39, 0.29) is 0 Å². The summed E-state index contributed by atoms with van der Waals surface area (Å²) in [4.78, 5) is 0. The average Bonchev–Trinajstić information content (AvgIpc) is 1.96. The molecule has 0 saturated heterocycles. The number of aliphatic hydroxyl groups excluding tert-OH is 1. The van der Waals surface area contributed by atoms with Gasteiger partial charge in [-0.1, -0.05) is 32.6 Å². The minimum Gasteiger partial charge on any atom is -0.396 e. The van der Waals surface area contributed by atoms with Gasteiger partial charge in [0.05, 0.1) is 0 Å². The molecule has 0 aromatic rings. The summed E-state index contributed by atoms with van der Waals surface area (Å²) in [6.07, 6.45) is 7.22. The van der Waals surface area contributed by atoms with Crippen molar-refractivity contribution in [1.82, 2.24) is 0 Å². The fourth-order valence-electron chi connectivity index (χ4n) is 1.08. The lowest BCUT2D eigenvalue weighted by atomic mass is 10.1. The Morgan fingerprint density at radius 3 is 2.18 bits per heavy atom. The van der Waals surface area contributed by atoms with Crippen LogP contribution in [0, 0.1) is 0 Å². The number of thiol groups is 1. The van der Waals surface area contributed by atoms with Crippen LogP contribution in [0.2, 0.25) is 0 Å². The molecule has 0 saturated carbocycles. The molecule has 0 bridgehead atoms. The maximum atomic E-state index is 8.50. The number of rotatable bonds is 7. The van der Waals surface area contributed by atoms with Gasteiger partial charge in [0.25, 0.3) is 0 Å². The summed E-state index contributed by atoms with van der Waals surface area (Å²) >= 11 is 4.30. The highest BCUT2D eigenvalue weighted by Gasteiger charge is 1.94. The van der Waals surface area contributed by atoms with E-state index in [4.69, 9.17) is 5.11 Å². The fraction of sp³-hybridized carbons (Fsp3) is 1.00. The summed E-state index contributed by atoms with van der Waals surface area (Å²) < 4.78 is 0. The molecule has 1 nitrogen and oxygen atoms in total. The van der Waals surface area contributed by atoms with Gasteiger partial charge in [0.15, 0.2) is 0 Å². The molecular weight excluding hydrogens is 156 g/mol. The lowest BCUT2D eigenvalue weighted by Crippen LogP contribution is -1.90. The van der Waals surface area contributed by atoms with E-state index in [9.17, 15) is 0 Å². The first-order valence-corrected chi connectivity index (χ1v) is 5.08. The molecule has 2 heteroatoms. The van der Waals surface area contributed by atoms with Gasteiger partial charge in [-0.25, -0.2) is 0 Å². The second-order valence-electron chi connectivity index (χ2n) is 3.13. The first-order chi connectivity index (χ1) is 5.27. The maximum Gasteiger partial charge on any atom is 0.0431 e. The Bertz CT molecular complexity index is 74.0. The van der Waals surface area contributed by atoms with Crippen molar-refractivity contribution < 1.29 is 5.11 Å². The maximum absolute atomic E-state index is 8.50. The van der Waals surface area contributed by atoms with Gasteiger partial charge in [-0.15, -0.1) is 0 Å². The third-order valence-corrected chi connectivity index (χ3v) is 2.04. The number of unbranched alkanes of at least 4 members (excludes halogenated alkanes) is 4. The van der Waals surface area contributed by atoms with E-state index in [2.05, 4.69) is 19.6 Å². The van der Waals surface area contributed by atoms with Crippen molar-refractivity contribution in [1.29, 1.82) is 0 Å². The van der Waals surface area contributed by atoms with Crippen LogP contribution in [-0.4, -0.2) is 17.0 Å². The third-order valence-electron chi connectivity index (χ3n) is 1.78. The van der Waals surface area contributed by atoms with Crippen LogP contribution in [0.3, 0.4) is 0 Å². The van der Waals surface area contributed by atoms with Gasteiger partial charge in [-0.3, -0.25) is 0 Å². The summed E-state index contributed by atoms with van der Waals surface area (Å²) in [5.41, 5.74) is 0. The van der Waals surface area contributed by atoms with Gasteiger partial charge in [0.1, 0.15) is 0 Å². The van der Waals surface area contributed by atoms with Crippen molar-refractivity contribution >= 4 is 12.6 Å². The van der Waals surface area contributed by atoms with E-state index in [1.165, 1.54) is 32.1 Å². The average molecular weight is 176 g/mol. The van der Waals surface area contributed by atoms with Gasteiger partial charge < -0.3 is 5.11 Å². The summed E-state index contributed by atoms with van der Waals surface area (Å²) in [6.45, 7) is 2.49. The second-order valence-corrected chi connectivity index (χ2v) is 4.01. The summed E-state index contributed by atoms with van der Waals surface area (Å²) in [6, 6.07) is 0. The largest absolute Gasteiger partial charge is 0.396 e. The molecule has 1 unspecified atom stereocenters. The predicted molar refractivity (Wildman–Crippen MR) is 53.2 cm³/mol. The Labute approximate surface area is 75.6 Å². The molecule has 68 valence electrons. The molecular formula is C9H20OS. The van der Waals surface area contributed by atoms with Gasteiger partial charge in [0, 0.05) is 6.61 Å². The highest BCUT2D eigenvalue weighted by molar-refractivity contribution is 7.80. The molecule has 0 aromatic carbocycles. The summed E-state index contributed by atoms with van der Waals surface area (Å²) in [7, 11) is 0. The zero-order valence-corrected chi connectivity index (χ0v) is 8.32. The topological polar surface area (TPSA) is 20.2 Å². The van der Waals surface area contributed by atoms with Crippen molar-refractivity contribution in [3.63, 3.8) is 0 Å². The summed E-state index contributed by atoms with van der Waals surface area (Å²) in [5.74, 6) is 0. The Morgan fingerprint density at radius 1 is 1.09 bits per heavy atom. The zero-order valence-electron chi connectivity index (χ0n) is 7.42. The molecule has 0 spiro atoms. The minimum atomic E-state index is 0.350. The van der Waals surface area contributed by atoms with Crippen molar-refractivity contribution in [2.24, 2.45) is 0 Å². The van der Waals surface area contributed by atoms with Crippen LogP contribution in [0.5, 0.6) is 0 Å². The number of hydrogen-bond acceptors (Lipinski definition) is 2. The molecule has 0 radical (unpaired) electrons. The van der Waals surface area contributed by atoms with E-state index in [1.807, 2.05) is 0 Å². The van der Waals surface area contributed by atoms with Crippen molar-refractivity contribution in [2.45, 2.75) is 50.7 Å². The second kappa shape index (κ2) is 8.41. The van der Waals surface area contributed by atoms with Crippen LogP contribution in [0.15, 0.2) is 0 Å². The normalized spacial score (nSPS) is 13.4. The Morgan fingerprint density at radius 2 is 1.64 bits per heavy atom. The van der Waals surface area contributed by atoms with E-state index in [0.717, 1.165) is 6.42 Å². The number of aliphatic hydroxyl groups is 1. The molecule has 11 heavy (non-hydrogen) atoms. The van der Waals surface area contributed by atoms with Crippen LogP contribution in [0.1, 0.15) is 45.4 Å². The van der Waals surface area contributed by atoms with Crippen LogP contribution in [-0.2, 0) is 0 Å². The van der Waals surface area contributed by atoms with Crippen molar-refractivity contribution in [3.8, 4) is 0 Å². The molecule has 0 rings (SSSR count). The van der Waals surface area contributed by atoms with Gasteiger partial charge in [-0.2, -0.15) is 12.6 Å². The fourth-order valence-corrected chi connectivity index (χ4v) is 1.26. The summed E-state index contributed by atoms with van der Waals surface area (Å²) in [5, 5.41) is 9.05. The first-order valence-electron chi connectivity index (χ1n) is 4.56. The molecule has 0 fully saturated rings. The smallest absolute Gasteiger partial charge is 0.0431 e. The predicted octanol–water partition coefficient (Wildman–Crippen LogP) is 2.64. The SMILES string of the molecule is CC(S)CCCCCCCO. The van der Waals surface area contributed by atoms with Crippen molar-refractivity contribution in [2.75, 3.05) is 6.61 Å². The van der Waals surface area contributed by atoms with E-state index < -0.39 is 0 Å². The molecule has 0 amide bonds.